The standard InChI is InChI=1S/C27H22Cl2F2NO.HI/c28-26-12-11-24(18-27(26)29)33-23-13-16-32(17-14-23)15-1-2-25(19-3-7-21(30)8-4-19)20-5-9-22(31)10-6-20;/h3-14,16-18,25H,1-2,15H2;1H/q+1;/p-1. The number of benzene rings is 3. The van der Waals surface area contributed by atoms with E-state index in [0.29, 0.717) is 21.5 Å². The fourth-order valence-electron chi connectivity index (χ4n) is 3.73. The Bertz CT molecular complexity index is 1160. The van der Waals surface area contributed by atoms with Crippen LogP contribution in [0.5, 0.6) is 11.5 Å². The maximum atomic E-state index is 13.4. The smallest absolute Gasteiger partial charge is 0.172 e. The predicted molar refractivity (Wildman–Crippen MR) is 127 cm³/mol. The fourth-order valence-corrected chi connectivity index (χ4v) is 4.02. The van der Waals surface area contributed by atoms with E-state index in [0.717, 1.165) is 30.5 Å². The van der Waals surface area contributed by atoms with Gasteiger partial charge in [0.05, 0.1) is 10.0 Å². The molecule has 0 bridgehead atoms. The molecule has 0 aliphatic carbocycles. The number of halogens is 5. The lowest BCUT2D eigenvalue weighted by molar-refractivity contribution is -0.697. The van der Waals surface area contributed by atoms with E-state index in [1.54, 1.807) is 42.5 Å². The van der Waals surface area contributed by atoms with Crippen LogP contribution in [0.25, 0.3) is 0 Å². The minimum absolute atomic E-state index is 0. The van der Waals surface area contributed by atoms with Gasteiger partial charge in [0.15, 0.2) is 12.4 Å². The minimum atomic E-state index is -0.268. The Labute approximate surface area is 225 Å². The molecule has 0 aliphatic rings. The first-order valence-corrected chi connectivity index (χ1v) is 11.4. The van der Waals surface area contributed by atoms with Gasteiger partial charge in [0.2, 0.25) is 0 Å². The van der Waals surface area contributed by atoms with Crippen LogP contribution >= 0.6 is 23.2 Å². The maximum absolute atomic E-state index is 13.4. The molecule has 0 radical (unpaired) electrons. The van der Waals surface area contributed by atoms with Gasteiger partial charge in [-0.15, -0.1) is 0 Å². The van der Waals surface area contributed by atoms with Gasteiger partial charge in [0.1, 0.15) is 29.7 Å². The molecule has 4 aromatic rings. The molecule has 0 spiro atoms. The second kappa shape index (κ2) is 12.5. The van der Waals surface area contributed by atoms with E-state index in [2.05, 4.69) is 4.57 Å². The third-order valence-corrected chi connectivity index (χ3v) is 6.18. The van der Waals surface area contributed by atoms with Gasteiger partial charge in [-0.2, -0.15) is 0 Å². The van der Waals surface area contributed by atoms with Crippen molar-refractivity contribution < 1.29 is 42.1 Å². The van der Waals surface area contributed by atoms with Gasteiger partial charge in [0, 0.05) is 30.5 Å². The van der Waals surface area contributed by atoms with Crippen LogP contribution in [0.2, 0.25) is 10.0 Å². The van der Waals surface area contributed by atoms with Crippen molar-refractivity contribution in [3.63, 3.8) is 0 Å². The van der Waals surface area contributed by atoms with Crippen molar-refractivity contribution in [3.8, 4) is 11.5 Å². The average Bonchev–Trinajstić information content (AvgIpc) is 2.82. The van der Waals surface area contributed by atoms with Gasteiger partial charge in [0.25, 0.3) is 0 Å². The molecule has 1 aromatic heterocycles. The molecule has 0 fully saturated rings. The van der Waals surface area contributed by atoms with Crippen molar-refractivity contribution in [2.45, 2.75) is 25.3 Å². The summed E-state index contributed by atoms with van der Waals surface area (Å²) in [5, 5.41) is 0.923. The molecular weight excluding hydrogens is 590 g/mol. The molecule has 2 nitrogen and oxygen atoms in total. The third-order valence-electron chi connectivity index (χ3n) is 5.44. The number of aromatic nitrogens is 1. The Kier molecular flexibility index (Phi) is 9.68. The molecular formula is C27H22Cl2F2INO. The normalized spacial score (nSPS) is 10.7. The molecule has 1 heterocycles. The molecule has 0 saturated heterocycles. The van der Waals surface area contributed by atoms with E-state index in [9.17, 15) is 8.78 Å². The largest absolute Gasteiger partial charge is 1.00 e. The SMILES string of the molecule is Fc1ccc(C(CCC[n+]2ccc(Oc3ccc(Cl)c(Cl)c3)cc2)c2ccc(F)cc2)cc1.[I-]. The highest BCUT2D eigenvalue weighted by atomic mass is 127. The van der Waals surface area contributed by atoms with Crippen LogP contribution in [0.4, 0.5) is 8.78 Å². The maximum Gasteiger partial charge on any atom is 0.172 e. The zero-order valence-electron chi connectivity index (χ0n) is 18.1. The Morgan fingerprint density at radius 2 is 1.26 bits per heavy atom. The predicted octanol–water partition coefficient (Wildman–Crippen LogP) is 4.97. The van der Waals surface area contributed by atoms with Crippen LogP contribution in [0.15, 0.2) is 91.3 Å². The monoisotopic (exact) mass is 611 g/mol. The Morgan fingerprint density at radius 3 is 1.79 bits per heavy atom. The Hall–Kier alpha value is -2.22. The van der Waals surface area contributed by atoms with Crippen molar-refractivity contribution >= 4 is 23.2 Å². The first-order valence-electron chi connectivity index (χ1n) is 10.6. The van der Waals surface area contributed by atoms with E-state index >= 15 is 0 Å². The van der Waals surface area contributed by atoms with Crippen molar-refractivity contribution in [3.05, 3.63) is 124 Å². The van der Waals surface area contributed by atoms with Gasteiger partial charge in [-0.25, -0.2) is 13.3 Å². The summed E-state index contributed by atoms with van der Waals surface area (Å²) in [4.78, 5) is 0. The quantitative estimate of drug-likeness (QED) is 0.203. The van der Waals surface area contributed by atoms with E-state index in [4.69, 9.17) is 27.9 Å². The third kappa shape index (κ3) is 7.14. The van der Waals surface area contributed by atoms with Crippen molar-refractivity contribution in [2.24, 2.45) is 0 Å². The number of nitrogens with zero attached hydrogens (tertiary/aromatic N) is 1. The van der Waals surface area contributed by atoms with Gasteiger partial charge in [-0.05, 0) is 53.9 Å². The van der Waals surface area contributed by atoms with Crippen LogP contribution in [-0.2, 0) is 6.54 Å². The molecule has 0 atom stereocenters. The summed E-state index contributed by atoms with van der Waals surface area (Å²) in [6.45, 7) is 0.798. The van der Waals surface area contributed by atoms with Crippen LogP contribution in [0.1, 0.15) is 29.9 Å². The summed E-state index contributed by atoms with van der Waals surface area (Å²) < 4.78 is 34.7. The summed E-state index contributed by atoms with van der Waals surface area (Å²) in [5.41, 5.74) is 2.02. The van der Waals surface area contributed by atoms with Crippen molar-refractivity contribution in [1.29, 1.82) is 0 Å². The fraction of sp³-hybridized carbons (Fsp3) is 0.148. The molecule has 176 valence electrons. The molecule has 7 heteroatoms. The number of hydrogen-bond donors (Lipinski definition) is 0. The number of aryl methyl sites for hydroxylation is 1. The Morgan fingerprint density at radius 1 is 0.706 bits per heavy atom. The highest BCUT2D eigenvalue weighted by molar-refractivity contribution is 6.42. The van der Waals surface area contributed by atoms with Gasteiger partial charge < -0.3 is 28.7 Å². The molecule has 0 saturated carbocycles. The van der Waals surface area contributed by atoms with E-state index in [1.807, 2.05) is 24.5 Å². The lowest BCUT2D eigenvalue weighted by Gasteiger charge is -2.17. The summed E-state index contributed by atoms with van der Waals surface area (Å²) >= 11 is 12.0. The van der Waals surface area contributed by atoms with Crippen molar-refractivity contribution in [2.75, 3.05) is 0 Å². The number of rotatable bonds is 8. The summed E-state index contributed by atoms with van der Waals surface area (Å²) in [6.07, 6.45) is 5.64. The van der Waals surface area contributed by atoms with Crippen LogP contribution in [0.3, 0.4) is 0 Å². The highest BCUT2D eigenvalue weighted by Gasteiger charge is 2.16. The topological polar surface area (TPSA) is 13.1 Å². The molecule has 0 aliphatic heterocycles. The van der Waals surface area contributed by atoms with E-state index in [1.165, 1.54) is 24.3 Å². The summed E-state index contributed by atoms with van der Waals surface area (Å²) in [7, 11) is 0. The van der Waals surface area contributed by atoms with E-state index < -0.39 is 0 Å². The number of pyridine rings is 1. The summed E-state index contributed by atoms with van der Waals surface area (Å²) in [5.74, 6) is 0.832. The lowest BCUT2D eigenvalue weighted by Crippen LogP contribution is -3.00. The molecule has 0 unspecified atom stereocenters. The molecule has 4 rings (SSSR count). The van der Waals surface area contributed by atoms with Crippen LogP contribution < -0.4 is 33.3 Å². The molecule has 3 aromatic carbocycles. The first-order chi connectivity index (χ1) is 16.0. The second-order valence-corrected chi connectivity index (χ2v) is 8.56. The molecule has 34 heavy (non-hydrogen) atoms. The van der Waals surface area contributed by atoms with Crippen LogP contribution in [0, 0.1) is 11.6 Å². The molecule has 0 N–H and O–H groups in total. The van der Waals surface area contributed by atoms with Gasteiger partial charge >= 0.3 is 0 Å². The minimum Gasteiger partial charge on any atom is -1.00 e. The Balaban J connectivity index is 0.00000324. The second-order valence-electron chi connectivity index (χ2n) is 7.75. The van der Waals surface area contributed by atoms with Gasteiger partial charge in [-0.3, -0.25) is 0 Å². The van der Waals surface area contributed by atoms with Gasteiger partial charge in [-0.1, -0.05) is 47.5 Å². The average molecular weight is 612 g/mol. The van der Waals surface area contributed by atoms with E-state index in [-0.39, 0.29) is 41.5 Å². The zero-order chi connectivity index (χ0) is 23.2. The van der Waals surface area contributed by atoms with Crippen LogP contribution in [-0.4, -0.2) is 0 Å². The highest BCUT2D eigenvalue weighted by Crippen LogP contribution is 2.30. The summed E-state index contributed by atoms with van der Waals surface area (Å²) in [6, 6.07) is 22.0. The zero-order valence-corrected chi connectivity index (χ0v) is 21.8. The van der Waals surface area contributed by atoms with Crippen molar-refractivity contribution in [1.82, 2.24) is 0 Å². The lowest BCUT2D eigenvalue weighted by atomic mass is 9.87. The number of ether oxygens (including phenoxy) is 1. The first kappa shape index (κ1) is 26.4. The number of hydrogen-bond acceptors (Lipinski definition) is 1. The molecule has 0 amide bonds.